The van der Waals surface area contributed by atoms with Crippen LogP contribution in [0.15, 0.2) is 223 Å². The van der Waals surface area contributed by atoms with Crippen molar-refractivity contribution in [3.05, 3.63) is 218 Å². The lowest BCUT2D eigenvalue weighted by molar-refractivity contribution is 0.669. The summed E-state index contributed by atoms with van der Waals surface area (Å²) >= 11 is 0. The van der Waals surface area contributed by atoms with E-state index in [2.05, 4.69) is 194 Å². The highest BCUT2D eigenvalue weighted by atomic mass is 16.3. The molecule has 0 aliphatic heterocycles. The highest BCUT2D eigenvalue weighted by Crippen LogP contribution is 2.42. The van der Waals surface area contributed by atoms with E-state index in [0.717, 1.165) is 105 Å². The highest BCUT2D eigenvalue weighted by molar-refractivity contribution is 6.22. The number of furan rings is 1. The summed E-state index contributed by atoms with van der Waals surface area (Å²) in [5.74, 6) is 1.82. The number of aromatic nitrogens is 4. The Hall–Kier alpha value is -8.54. The maximum Gasteiger partial charge on any atom is 0.164 e. The molecule has 12 rings (SSSR count). The zero-order chi connectivity index (χ0) is 41.7. The molecule has 3 aromatic heterocycles. The first kappa shape index (κ1) is 36.3. The average molecular weight is 805 g/mol. The number of benzene rings is 9. The number of nitrogens with zero attached hydrogens (tertiary/aromatic N) is 4. The van der Waals surface area contributed by atoms with Crippen LogP contribution in [0.5, 0.6) is 0 Å². The number of para-hydroxylation sites is 1. The van der Waals surface area contributed by atoms with Crippen molar-refractivity contribution in [1.82, 2.24) is 19.9 Å². The van der Waals surface area contributed by atoms with Crippen LogP contribution in [0, 0.1) is 0 Å². The van der Waals surface area contributed by atoms with Crippen molar-refractivity contribution in [2.75, 3.05) is 0 Å². The first-order valence-corrected chi connectivity index (χ1v) is 21.1. The lowest BCUT2D eigenvalue weighted by Crippen LogP contribution is -2.00. The lowest BCUT2D eigenvalue weighted by Gasteiger charge is -2.12. The van der Waals surface area contributed by atoms with Gasteiger partial charge in [-0.1, -0.05) is 200 Å². The molecule has 63 heavy (non-hydrogen) atoms. The molecule has 12 aromatic rings. The van der Waals surface area contributed by atoms with Crippen molar-refractivity contribution >= 4 is 43.6 Å². The molecular weight excluding hydrogens is 769 g/mol. The molecule has 0 bridgehead atoms. The van der Waals surface area contributed by atoms with Crippen LogP contribution in [0.2, 0.25) is 0 Å². The molecule has 0 spiro atoms. The molecule has 0 N–H and O–H groups in total. The third kappa shape index (κ3) is 6.60. The Morgan fingerprint density at radius 2 is 0.778 bits per heavy atom. The van der Waals surface area contributed by atoms with Crippen molar-refractivity contribution in [1.29, 1.82) is 0 Å². The van der Waals surface area contributed by atoms with E-state index in [4.69, 9.17) is 24.4 Å². The van der Waals surface area contributed by atoms with Crippen molar-refractivity contribution in [2.45, 2.75) is 0 Å². The van der Waals surface area contributed by atoms with Crippen LogP contribution in [-0.4, -0.2) is 19.9 Å². The topological polar surface area (TPSA) is 64.7 Å². The molecule has 0 atom stereocenters. The van der Waals surface area contributed by atoms with Crippen molar-refractivity contribution in [2.24, 2.45) is 0 Å². The first-order chi connectivity index (χ1) is 31.2. The number of rotatable bonds is 7. The Labute approximate surface area is 363 Å². The van der Waals surface area contributed by atoms with Gasteiger partial charge in [0.2, 0.25) is 0 Å². The molecule has 0 saturated carbocycles. The highest BCUT2D eigenvalue weighted by Gasteiger charge is 2.20. The fourth-order valence-electron chi connectivity index (χ4n) is 8.77. The van der Waals surface area contributed by atoms with Gasteiger partial charge in [0.15, 0.2) is 23.1 Å². The summed E-state index contributed by atoms with van der Waals surface area (Å²) in [6.45, 7) is 0. The predicted molar refractivity (Wildman–Crippen MR) is 258 cm³/mol. The quantitative estimate of drug-likeness (QED) is 0.161. The summed E-state index contributed by atoms with van der Waals surface area (Å²) in [7, 11) is 0. The van der Waals surface area contributed by atoms with Crippen molar-refractivity contribution < 1.29 is 4.42 Å². The number of hydrogen-bond acceptors (Lipinski definition) is 5. The van der Waals surface area contributed by atoms with E-state index < -0.39 is 0 Å². The molecule has 0 amide bonds. The number of hydrogen-bond donors (Lipinski definition) is 0. The smallest absolute Gasteiger partial charge is 0.164 e. The molecule has 0 aliphatic rings. The van der Waals surface area contributed by atoms with Gasteiger partial charge in [-0.15, -0.1) is 0 Å². The van der Waals surface area contributed by atoms with Gasteiger partial charge in [-0.25, -0.2) is 19.9 Å². The molecule has 3 heterocycles. The minimum absolute atomic E-state index is 0.597. The van der Waals surface area contributed by atoms with E-state index in [9.17, 15) is 0 Å². The maximum absolute atomic E-state index is 6.63. The van der Waals surface area contributed by atoms with Crippen molar-refractivity contribution in [3.63, 3.8) is 0 Å². The third-order valence-corrected chi connectivity index (χ3v) is 11.9. The van der Waals surface area contributed by atoms with Crippen LogP contribution in [-0.2, 0) is 0 Å². The summed E-state index contributed by atoms with van der Waals surface area (Å²) in [6, 6.07) is 75.7. The summed E-state index contributed by atoms with van der Waals surface area (Å²) in [6.07, 6.45) is 0. The lowest BCUT2D eigenvalue weighted by atomic mass is 9.97. The minimum atomic E-state index is 0.597. The Morgan fingerprint density at radius 3 is 1.46 bits per heavy atom. The Bertz CT molecular complexity index is 3550. The second kappa shape index (κ2) is 15.2. The number of fused-ring (bicyclic) bond motifs is 6. The molecule has 0 radical (unpaired) electrons. The van der Waals surface area contributed by atoms with Gasteiger partial charge in [-0.2, -0.15) is 0 Å². The largest absolute Gasteiger partial charge is 0.454 e. The SMILES string of the molecule is c1ccc(-c2ccc(-c3nc(-c4ccc(-c5ccccc5)cc4)nc(-c4cccc(-c5ccc6c(c5)nc(-c5cccc7ccccc57)c5oc7ccccc7c56)c4)n3)cc2)cc1. The van der Waals surface area contributed by atoms with Crippen LogP contribution in [0.4, 0.5) is 0 Å². The molecule has 9 aromatic carbocycles. The van der Waals surface area contributed by atoms with E-state index in [0.29, 0.717) is 17.5 Å². The molecule has 0 fully saturated rings. The first-order valence-electron chi connectivity index (χ1n) is 21.1. The average Bonchev–Trinajstić information content (AvgIpc) is 3.76. The van der Waals surface area contributed by atoms with Crippen LogP contribution in [0.3, 0.4) is 0 Å². The number of pyridine rings is 1. The third-order valence-electron chi connectivity index (χ3n) is 11.9. The second-order valence-electron chi connectivity index (χ2n) is 15.8. The van der Waals surface area contributed by atoms with Gasteiger partial charge in [0, 0.05) is 38.4 Å². The molecule has 0 unspecified atom stereocenters. The van der Waals surface area contributed by atoms with Gasteiger partial charge in [-0.05, 0) is 62.4 Å². The molecule has 0 aliphatic carbocycles. The van der Waals surface area contributed by atoms with E-state index in [-0.39, 0.29) is 0 Å². The standard InChI is InChI=1S/C58H36N4O/c1-3-13-37(14-4-1)39-25-29-42(30-26-39)56-60-57(43-31-27-40(28-32-43)38-15-5-2-6-16-38)62-58(61-56)46-20-11-19-44(35-46)45-33-34-49-51(36-45)59-54(48-23-12-18-41-17-7-8-21-47(41)48)55-53(49)50-22-9-10-24-52(50)63-55/h1-36H. The van der Waals surface area contributed by atoms with Gasteiger partial charge in [0.1, 0.15) is 11.3 Å². The molecule has 5 nitrogen and oxygen atoms in total. The van der Waals surface area contributed by atoms with E-state index in [1.165, 1.54) is 0 Å². The van der Waals surface area contributed by atoms with Gasteiger partial charge in [0.25, 0.3) is 0 Å². The minimum Gasteiger partial charge on any atom is -0.454 e. The van der Waals surface area contributed by atoms with Gasteiger partial charge in [-0.3, -0.25) is 0 Å². The summed E-state index contributed by atoms with van der Waals surface area (Å²) in [4.78, 5) is 20.7. The summed E-state index contributed by atoms with van der Waals surface area (Å²) in [5, 5.41) is 5.47. The molecule has 5 heteroatoms. The van der Waals surface area contributed by atoms with Gasteiger partial charge >= 0.3 is 0 Å². The second-order valence-corrected chi connectivity index (χ2v) is 15.8. The normalized spacial score (nSPS) is 11.5. The van der Waals surface area contributed by atoms with E-state index >= 15 is 0 Å². The zero-order valence-electron chi connectivity index (χ0n) is 34.0. The predicted octanol–water partition coefficient (Wildman–Crippen LogP) is 15.1. The van der Waals surface area contributed by atoms with Crippen LogP contribution < -0.4 is 0 Å². The van der Waals surface area contributed by atoms with Crippen molar-refractivity contribution in [3.8, 4) is 78.8 Å². The van der Waals surface area contributed by atoms with Crippen LogP contribution in [0.25, 0.3) is 122 Å². The Balaban J connectivity index is 0.984. The fraction of sp³-hybridized carbons (Fsp3) is 0. The van der Waals surface area contributed by atoms with Crippen LogP contribution in [0.1, 0.15) is 0 Å². The van der Waals surface area contributed by atoms with E-state index in [1.807, 2.05) is 24.3 Å². The molecule has 294 valence electrons. The van der Waals surface area contributed by atoms with E-state index in [1.54, 1.807) is 0 Å². The van der Waals surface area contributed by atoms with Gasteiger partial charge < -0.3 is 4.42 Å². The monoisotopic (exact) mass is 804 g/mol. The summed E-state index contributed by atoms with van der Waals surface area (Å²) < 4.78 is 6.63. The fourth-order valence-corrected chi connectivity index (χ4v) is 8.77. The zero-order valence-corrected chi connectivity index (χ0v) is 34.0. The molecule has 0 saturated heterocycles. The Morgan fingerprint density at radius 1 is 0.302 bits per heavy atom. The summed E-state index contributed by atoms with van der Waals surface area (Å²) in [5.41, 5.74) is 13.8. The molecular formula is C58H36N4O. The Kier molecular flexibility index (Phi) is 8.75. The maximum atomic E-state index is 6.63. The van der Waals surface area contributed by atoms with Gasteiger partial charge in [0.05, 0.1) is 5.52 Å². The van der Waals surface area contributed by atoms with Crippen LogP contribution >= 0.6 is 0 Å².